The maximum absolute atomic E-state index is 13.9. The number of halogens is 1. The van der Waals surface area contributed by atoms with Crippen molar-refractivity contribution in [3.8, 4) is 11.5 Å². The van der Waals surface area contributed by atoms with Crippen LogP contribution in [0, 0.1) is 5.82 Å². The zero-order valence-electron chi connectivity index (χ0n) is 11.3. The van der Waals surface area contributed by atoms with Crippen LogP contribution in [0.4, 0.5) is 4.39 Å². The molecule has 8 heteroatoms. The van der Waals surface area contributed by atoms with Crippen LogP contribution in [0.5, 0.6) is 0 Å². The third kappa shape index (κ3) is 3.27. The Morgan fingerprint density at radius 3 is 2.71 bits per heavy atom. The van der Waals surface area contributed by atoms with Crippen molar-refractivity contribution < 1.29 is 26.8 Å². The van der Waals surface area contributed by atoms with Gasteiger partial charge in [-0.15, -0.1) is 0 Å². The van der Waals surface area contributed by atoms with Crippen molar-refractivity contribution in [1.82, 2.24) is 4.98 Å². The SMILES string of the molecule is CCOC(=O)c1coc(-c2ccc(S(C)(=O)=O)cc2F)n1. The Morgan fingerprint density at radius 2 is 2.14 bits per heavy atom. The van der Waals surface area contributed by atoms with Gasteiger partial charge in [-0.3, -0.25) is 0 Å². The number of aromatic nitrogens is 1. The second-order valence-corrected chi connectivity index (χ2v) is 6.19. The van der Waals surface area contributed by atoms with E-state index in [1.807, 2.05) is 0 Å². The third-order valence-electron chi connectivity index (χ3n) is 2.59. The van der Waals surface area contributed by atoms with E-state index in [0.717, 1.165) is 18.6 Å². The number of carbonyl (C=O) groups excluding carboxylic acids is 1. The standard InChI is InChI=1S/C13H12FNO5S/c1-3-19-13(16)11-7-20-12(15-11)9-5-4-8(6-10(9)14)21(2,17)18/h4-7H,3H2,1-2H3. The summed E-state index contributed by atoms with van der Waals surface area (Å²) in [5, 5.41) is 0. The lowest BCUT2D eigenvalue weighted by molar-refractivity contribution is 0.0519. The Hall–Kier alpha value is -2.22. The van der Waals surface area contributed by atoms with Crippen molar-refractivity contribution in [2.45, 2.75) is 11.8 Å². The lowest BCUT2D eigenvalue weighted by atomic mass is 10.2. The molecule has 0 radical (unpaired) electrons. The fraction of sp³-hybridized carbons (Fsp3) is 0.231. The Bertz CT molecular complexity index is 782. The van der Waals surface area contributed by atoms with Gasteiger partial charge in [0.05, 0.1) is 17.1 Å². The van der Waals surface area contributed by atoms with Gasteiger partial charge in [-0.05, 0) is 25.1 Å². The number of sulfone groups is 1. The average molecular weight is 313 g/mol. The fourth-order valence-corrected chi connectivity index (χ4v) is 2.23. The summed E-state index contributed by atoms with van der Waals surface area (Å²) in [6, 6.07) is 3.34. The van der Waals surface area contributed by atoms with E-state index in [9.17, 15) is 17.6 Å². The van der Waals surface area contributed by atoms with Crippen LogP contribution in [-0.2, 0) is 14.6 Å². The van der Waals surface area contributed by atoms with E-state index >= 15 is 0 Å². The van der Waals surface area contributed by atoms with Crippen molar-refractivity contribution in [2.75, 3.05) is 12.9 Å². The number of oxazole rings is 1. The Balaban J connectivity index is 2.37. The van der Waals surface area contributed by atoms with Gasteiger partial charge < -0.3 is 9.15 Å². The molecule has 1 aromatic heterocycles. The second kappa shape index (κ2) is 5.65. The number of rotatable bonds is 4. The van der Waals surface area contributed by atoms with Crippen LogP contribution >= 0.6 is 0 Å². The van der Waals surface area contributed by atoms with E-state index in [-0.39, 0.29) is 28.7 Å². The number of ether oxygens (including phenoxy) is 1. The molecule has 0 aliphatic carbocycles. The lowest BCUT2D eigenvalue weighted by Crippen LogP contribution is -2.04. The quantitative estimate of drug-likeness (QED) is 0.803. The van der Waals surface area contributed by atoms with Crippen molar-refractivity contribution in [2.24, 2.45) is 0 Å². The van der Waals surface area contributed by atoms with Crippen LogP contribution < -0.4 is 0 Å². The zero-order chi connectivity index (χ0) is 15.6. The average Bonchev–Trinajstić information content (AvgIpc) is 2.87. The molecule has 0 fully saturated rings. The monoisotopic (exact) mass is 313 g/mol. The number of hydrogen-bond donors (Lipinski definition) is 0. The molecule has 0 aliphatic heterocycles. The highest BCUT2D eigenvalue weighted by atomic mass is 32.2. The minimum Gasteiger partial charge on any atom is -0.461 e. The molecule has 6 nitrogen and oxygen atoms in total. The summed E-state index contributed by atoms with van der Waals surface area (Å²) in [7, 11) is -3.50. The molecule has 0 amide bonds. The van der Waals surface area contributed by atoms with Crippen molar-refractivity contribution in [3.63, 3.8) is 0 Å². The highest BCUT2D eigenvalue weighted by Crippen LogP contribution is 2.24. The van der Waals surface area contributed by atoms with Gasteiger partial charge >= 0.3 is 5.97 Å². The maximum Gasteiger partial charge on any atom is 0.360 e. The van der Waals surface area contributed by atoms with Gasteiger partial charge in [0.25, 0.3) is 0 Å². The first kappa shape index (κ1) is 15.2. The smallest absolute Gasteiger partial charge is 0.360 e. The van der Waals surface area contributed by atoms with Crippen LogP contribution in [0.15, 0.2) is 33.8 Å². The van der Waals surface area contributed by atoms with E-state index in [4.69, 9.17) is 9.15 Å². The first-order valence-electron chi connectivity index (χ1n) is 5.95. The van der Waals surface area contributed by atoms with Gasteiger partial charge in [-0.2, -0.15) is 0 Å². The van der Waals surface area contributed by atoms with E-state index in [1.54, 1.807) is 6.92 Å². The van der Waals surface area contributed by atoms with Gasteiger partial charge in [0.15, 0.2) is 15.5 Å². The maximum atomic E-state index is 13.9. The molecule has 0 atom stereocenters. The summed E-state index contributed by atoms with van der Waals surface area (Å²) < 4.78 is 46.4. The van der Waals surface area contributed by atoms with Crippen LogP contribution in [0.25, 0.3) is 11.5 Å². The summed E-state index contributed by atoms with van der Waals surface area (Å²) in [6.45, 7) is 1.82. The molecular weight excluding hydrogens is 301 g/mol. The minimum atomic E-state index is -3.50. The number of esters is 1. The van der Waals surface area contributed by atoms with E-state index in [0.29, 0.717) is 0 Å². The van der Waals surface area contributed by atoms with Gasteiger partial charge in [0.2, 0.25) is 5.89 Å². The van der Waals surface area contributed by atoms with Crippen molar-refractivity contribution >= 4 is 15.8 Å². The first-order valence-corrected chi connectivity index (χ1v) is 7.84. The Kier molecular flexibility index (Phi) is 4.08. The van der Waals surface area contributed by atoms with Crippen LogP contribution in [0.3, 0.4) is 0 Å². The number of hydrogen-bond acceptors (Lipinski definition) is 6. The summed E-state index contributed by atoms with van der Waals surface area (Å²) in [6.07, 6.45) is 2.03. The molecular formula is C13H12FNO5S. The molecule has 0 bridgehead atoms. The highest BCUT2D eigenvalue weighted by Gasteiger charge is 2.18. The Morgan fingerprint density at radius 1 is 1.43 bits per heavy atom. The molecule has 1 aromatic carbocycles. The summed E-state index contributed by atoms with van der Waals surface area (Å²) >= 11 is 0. The van der Waals surface area contributed by atoms with E-state index < -0.39 is 21.6 Å². The lowest BCUT2D eigenvalue weighted by Gasteiger charge is -2.01. The predicted molar refractivity (Wildman–Crippen MR) is 71.0 cm³/mol. The topological polar surface area (TPSA) is 86.5 Å². The normalized spacial score (nSPS) is 11.4. The second-order valence-electron chi connectivity index (χ2n) is 4.17. The van der Waals surface area contributed by atoms with E-state index in [2.05, 4.69) is 4.98 Å². The molecule has 1 heterocycles. The van der Waals surface area contributed by atoms with Gasteiger partial charge in [0, 0.05) is 6.26 Å². The van der Waals surface area contributed by atoms with Crippen LogP contribution in [0.2, 0.25) is 0 Å². The van der Waals surface area contributed by atoms with Crippen LogP contribution in [0.1, 0.15) is 17.4 Å². The summed E-state index contributed by atoms with van der Waals surface area (Å²) in [4.78, 5) is 15.1. The van der Waals surface area contributed by atoms with Gasteiger partial charge in [-0.1, -0.05) is 0 Å². The summed E-state index contributed by atoms with van der Waals surface area (Å²) in [5.74, 6) is -1.62. The molecule has 0 unspecified atom stereocenters. The molecule has 21 heavy (non-hydrogen) atoms. The summed E-state index contributed by atoms with van der Waals surface area (Å²) in [5.41, 5.74) is -0.128. The van der Waals surface area contributed by atoms with Crippen LogP contribution in [-0.4, -0.2) is 32.2 Å². The van der Waals surface area contributed by atoms with Crippen molar-refractivity contribution in [3.05, 3.63) is 36.0 Å². The number of carbonyl (C=O) groups is 1. The molecule has 2 aromatic rings. The molecule has 112 valence electrons. The predicted octanol–water partition coefficient (Wildman–Crippen LogP) is 2.06. The molecule has 2 rings (SSSR count). The molecule has 0 aliphatic rings. The number of benzene rings is 1. The molecule has 0 spiro atoms. The minimum absolute atomic E-state index is 0.0436. The van der Waals surface area contributed by atoms with Gasteiger partial charge in [0.1, 0.15) is 12.1 Å². The molecule has 0 N–H and O–H groups in total. The fourth-order valence-electron chi connectivity index (χ4n) is 1.60. The molecule has 0 saturated heterocycles. The van der Waals surface area contributed by atoms with Crippen molar-refractivity contribution in [1.29, 1.82) is 0 Å². The Labute approximate surface area is 120 Å². The van der Waals surface area contributed by atoms with E-state index in [1.165, 1.54) is 12.1 Å². The third-order valence-corrected chi connectivity index (χ3v) is 3.70. The van der Waals surface area contributed by atoms with Gasteiger partial charge in [-0.25, -0.2) is 22.6 Å². The zero-order valence-corrected chi connectivity index (χ0v) is 12.1. The molecule has 0 saturated carbocycles. The first-order chi connectivity index (χ1) is 9.82. The largest absolute Gasteiger partial charge is 0.461 e. The highest BCUT2D eigenvalue weighted by molar-refractivity contribution is 7.90. The number of nitrogens with zero attached hydrogens (tertiary/aromatic N) is 1.